The molecule has 1 aliphatic rings. The minimum atomic E-state index is 0.0764. The summed E-state index contributed by atoms with van der Waals surface area (Å²) in [5.41, 5.74) is 1.07. The number of anilines is 3. The highest BCUT2D eigenvalue weighted by Gasteiger charge is 2.14. The van der Waals surface area contributed by atoms with Crippen molar-refractivity contribution >= 4 is 40.4 Å². The zero-order valence-electron chi connectivity index (χ0n) is 19.0. The van der Waals surface area contributed by atoms with E-state index in [2.05, 4.69) is 42.5 Å². The SMILES string of the molecule is C=CC(=O)N1CCCC1.Cc1nc(NCCNC=O)cc(Nc2ncc(-c3ccncc3)s2)n1. The normalized spacial score (nSPS) is 12.3. The molecule has 1 saturated heterocycles. The Hall–Kier alpha value is -3.86. The van der Waals surface area contributed by atoms with E-state index in [0.29, 0.717) is 37.0 Å². The van der Waals surface area contributed by atoms with Crippen LogP contribution in [0.2, 0.25) is 0 Å². The van der Waals surface area contributed by atoms with Crippen LogP contribution < -0.4 is 16.0 Å². The summed E-state index contributed by atoms with van der Waals surface area (Å²) >= 11 is 1.54. The molecule has 10 nitrogen and oxygen atoms in total. The number of thiazole rings is 1. The van der Waals surface area contributed by atoms with E-state index in [1.807, 2.05) is 30.2 Å². The lowest BCUT2D eigenvalue weighted by atomic mass is 10.2. The molecule has 0 saturated carbocycles. The van der Waals surface area contributed by atoms with Crippen LogP contribution in [0.4, 0.5) is 16.8 Å². The van der Waals surface area contributed by atoms with E-state index >= 15 is 0 Å². The summed E-state index contributed by atoms with van der Waals surface area (Å²) in [4.78, 5) is 41.1. The van der Waals surface area contributed by atoms with E-state index in [1.54, 1.807) is 18.5 Å². The van der Waals surface area contributed by atoms with Gasteiger partial charge in [-0.2, -0.15) is 0 Å². The first-order valence-electron chi connectivity index (χ1n) is 10.9. The molecule has 0 aromatic carbocycles. The van der Waals surface area contributed by atoms with Gasteiger partial charge in [0.25, 0.3) is 0 Å². The third kappa shape index (κ3) is 7.62. The molecule has 3 N–H and O–H groups in total. The predicted molar refractivity (Wildman–Crippen MR) is 134 cm³/mol. The van der Waals surface area contributed by atoms with Gasteiger partial charge in [-0.15, -0.1) is 0 Å². The third-order valence-electron chi connectivity index (χ3n) is 4.79. The largest absolute Gasteiger partial charge is 0.368 e. The van der Waals surface area contributed by atoms with Gasteiger partial charge < -0.3 is 20.9 Å². The highest BCUT2D eigenvalue weighted by atomic mass is 32.1. The van der Waals surface area contributed by atoms with Gasteiger partial charge in [-0.25, -0.2) is 15.0 Å². The Kier molecular flexibility index (Phi) is 9.47. The van der Waals surface area contributed by atoms with Crippen molar-refractivity contribution in [2.24, 2.45) is 0 Å². The van der Waals surface area contributed by atoms with E-state index in [1.165, 1.54) is 17.4 Å². The standard InChI is InChI=1S/C16H17N7OS.C7H11NO/c1-11-21-14(19-7-6-18-10-24)8-15(22-11)23-16-20-9-13(25-16)12-2-4-17-5-3-12;1-2-7(9)8-5-3-4-6-8/h2-5,8-10H,6-7H2,1H3,(H,18,24)(H2,19,20,21,22,23);2H,1,3-6H2. The Bertz CT molecular complexity index is 1080. The maximum absolute atomic E-state index is 10.8. The number of pyridine rings is 1. The molecule has 0 radical (unpaired) electrons. The average Bonchev–Trinajstić information content (AvgIpc) is 3.55. The van der Waals surface area contributed by atoms with Gasteiger partial charge in [-0.05, 0) is 43.5 Å². The number of likely N-dealkylation sites (tertiary alicyclic amines) is 1. The van der Waals surface area contributed by atoms with Crippen molar-refractivity contribution in [2.45, 2.75) is 19.8 Å². The van der Waals surface area contributed by atoms with Crippen molar-refractivity contribution in [1.29, 1.82) is 0 Å². The number of carbonyl (C=O) groups is 2. The van der Waals surface area contributed by atoms with Crippen molar-refractivity contribution in [3.8, 4) is 10.4 Å². The molecule has 4 heterocycles. The Morgan fingerprint density at radius 3 is 2.62 bits per heavy atom. The molecule has 0 aliphatic carbocycles. The molecule has 178 valence electrons. The summed E-state index contributed by atoms with van der Waals surface area (Å²) in [6.07, 6.45) is 9.69. The smallest absolute Gasteiger partial charge is 0.245 e. The van der Waals surface area contributed by atoms with Gasteiger partial charge in [-0.1, -0.05) is 17.9 Å². The molecule has 0 atom stereocenters. The van der Waals surface area contributed by atoms with Crippen LogP contribution in [-0.2, 0) is 9.59 Å². The van der Waals surface area contributed by atoms with Crippen LogP contribution in [0.25, 0.3) is 10.4 Å². The van der Waals surface area contributed by atoms with Crippen LogP contribution in [0.1, 0.15) is 18.7 Å². The highest BCUT2D eigenvalue weighted by molar-refractivity contribution is 7.18. The Labute approximate surface area is 202 Å². The van der Waals surface area contributed by atoms with E-state index in [-0.39, 0.29) is 5.91 Å². The Morgan fingerprint density at radius 2 is 1.91 bits per heavy atom. The quantitative estimate of drug-likeness (QED) is 0.242. The van der Waals surface area contributed by atoms with Gasteiger partial charge >= 0.3 is 0 Å². The van der Waals surface area contributed by atoms with Crippen LogP contribution in [-0.4, -0.2) is 63.3 Å². The Morgan fingerprint density at radius 1 is 1.18 bits per heavy atom. The third-order valence-corrected chi connectivity index (χ3v) is 5.76. The van der Waals surface area contributed by atoms with Gasteiger partial charge in [-0.3, -0.25) is 14.6 Å². The fraction of sp³-hybridized carbons (Fsp3) is 0.304. The van der Waals surface area contributed by atoms with Gasteiger partial charge in [0.05, 0.1) is 4.88 Å². The summed E-state index contributed by atoms with van der Waals surface area (Å²) < 4.78 is 0. The second-order valence-corrected chi connectivity index (χ2v) is 8.34. The second-order valence-electron chi connectivity index (χ2n) is 7.31. The van der Waals surface area contributed by atoms with Gasteiger partial charge in [0, 0.05) is 50.8 Å². The van der Waals surface area contributed by atoms with Crippen molar-refractivity contribution in [1.82, 2.24) is 30.2 Å². The molecular formula is C23H28N8O2S. The number of amides is 2. The number of aryl methyl sites for hydroxylation is 1. The van der Waals surface area contributed by atoms with Gasteiger partial charge in [0.1, 0.15) is 17.5 Å². The van der Waals surface area contributed by atoms with Crippen LogP contribution in [0.5, 0.6) is 0 Å². The van der Waals surface area contributed by atoms with E-state index in [4.69, 9.17) is 0 Å². The zero-order valence-corrected chi connectivity index (χ0v) is 19.8. The number of nitrogens with zero attached hydrogens (tertiary/aromatic N) is 5. The fourth-order valence-electron chi connectivity index (χ4n) is 3.20. The minimum absolute atomic E-state index is 0.0764. The van der Waals surface area contributed by atoms with Crippen LogP contribution in [0.3, 0.4) is 0 Å². The molecule has 1 aliphatic heterocycles. The van der Waals surface area contributed by atoms with E-state index < -0.39 is 0 Å². The molecule has 3 aromatic heterocycles. The summed E-state index contributed by atoms with van der Waals surface area (Å²) in [6, 6.07) is 5.70. The maximum Gasteiger partial charge on any atom is 0.245 e. The molecular weight excluding hydrogens is 452 g/mol. The lowest BCUT2D eigenvalue weighted by Gasteiger charge is -2.10. The molecule has 0 bridgehead atoms. The molecule has 3 aromatic rings. The van der Waals surface area contributed by atoms with Crippen LogP contribution in [0, 0.1) is 6.92 Å². The molecule has 34 heavy (non-hydrogen) atoms. The van der Waals surface area contributed by atoms with Crippen molar-refractivity contribution in [3.63, 3.8) is 0 Å². The number of carbonyl (C=O) groups excluding carboxylic acids is 2. The van der Waals surface area contributed by atoms with Crippen molar-refractivity contribution in [2.75, 3.05) is 36.8 Å². The summed E-state index contributed by atoms with van der Waals surface area (Å²) in [5.74, 6) is 2.07. The van der Waals surface area contributed by atoms with Crippen molar-refractivity contribution in [3.05, 3.63) is 55.3 Å². The topological polar surface area (TPSA) is 125 Å². The molecule has 0 spiro atoms. The highest BCUT2D eigenvalue weighted by Crippen LogP contribution is 2.30. The number of nitrogens with one attached hydrogen (secondary N) is 3. The van der Waals surface area contributed by atoms with E-state index in [0.717, 1.165) is 41.5 Å². The number of rotatable bonds is 9. The van der Waals surface area contributed by atoms with Crippen LogP contribution >= 0.6 is 11.3 Å². The number of hydrogen-bond donors (Lipinski definition) is 3. The number of aromatic nitrogens is 4. The van der Waals surface area contributed by atoms with Gasteiger partial charge in [0.15, 0.2) is 5.13 Å². The minimum Gasteiger partial charge on any atom is -0.368 e. The monoisotopic (exact) mass is 480 g/mol. The zero-order chi connectivity index (χ0) is 24.2. The molecule has 0 unspecified atom stereocenters. The summed E-state index contributed by atoms with van der Waals surface area (Å²) in [6.45, 7) is 8.19. The summed E-state index contributed by atoms with van der Waals surface area (Å²) in [7, 11) is 0. The van der Waals surface area contributed by atoms with Crippen molar-refractivity contribution < 1.29 is 9.59 Å². The first-order valence-corrected chi connectivity index (χ1v) is 11.7. The first-order chi connectivity index (χ1) is 16.6. The summed E-state index contributed by atoms with van der Waals surface area (Å²) in [5, 5.41) is 9.69. The second kappa shape index (κ2) is 13.0. The molecule has 4 rings (SSSR count). The lowest BCUT2D eigenvalue weighted by molar-refractivity contribution is -0.125. The van der Waals surface area contributed by atoms with Crippen LogP contribution in [0.15, 0.2) is 49.4 Å². The maximum atomic E-state index is 10.8. The van der Waals surface area contributed by atoms with E-state index in [9.17, 15) is 9.59 Å². The van der Waals surface area contributed by atoms with Gasteiger partial charge in [0.2, 0.25) is 12.3 Å². The molecule has 2 amide bonds. The molecule has 11 heteroatoms. The average molecular weight is 481 g/mol. The predicted octanol–water partition coefficient (Wildman–Crippen LogP) is 3.00. The number of hydrogen-bond acceptors (Lipinski definition) is 9. The lowest BCUT2D eigenvalue weighted by Crippen LogP contribution is -2.25. The fourth-order valence-corrected chi connectivity index (χ4v) is 4.03. The first kappa shape index (κ1) is 24.8. The Balaban J connectivity index is 0.000000302. The molecule has 1 fully saturated rings.